The summed E-state index contributed by atoms with van der Waals surface area (Å²) in [5, 5.41) is 4.55. The molecule has 0 radical (unpaired) electrons. The number of rotatable bonds is 2. The second-order valence-electron chi connectivity index (χ2n) is 4.59. The lowest BCUT2D eigenvalue weighted by atomic mass is 10.1. The van der Waals surface area contributed by atoms with Crippen molar-refractivity contribution >= 4 is 28.1 Å². The number of nitrogens with one attached hydrogen (secondary N) is 1. The Labute approximate surface area is 120 Å². The van der Waals surface area contributed by atoms with Gasteiger partial charge in [0.1, 0.15) is 5.82 Å². The van der Waals surface area contributed by atoms with Crippen LogP contribution in [0.1, 0.15) is 10.4 Å². The van der Waals surface area contributed by atoms with Gasteiger partial charge in [0.2, 0.25) is 0 Å². The van der Waals surface area contributed by atoms with Crippen LogP contribution in [0.2, 0.25) is 0 Å². The summed E-state index contributed by atoms with van der Waals surface area (Å²) in [6.45, 7) is 0. The second kappa shape index (κ2) is 5.20. The molecule has 0 bridgehead atoms. The van der Waals surface area contributed by atoms with Crippen molar-refractivity contribution in [3.8, 4) is 0 Å². The van der Waals surface area contributed by atoms with Gasteiger partial charge in [-0.1, -0.05) is 12.1 Å². The molecule has 1 aromatic heterocycles. The third kappa shape index (κ3) is 2.53. The van der Waals surface area contributed by atoms with E-state index < -0.39 is 11.7 Å². The lowest BCUT2D eigenvalue weighted by Gasteiger charge is -2.09. The Bertz CT molecular complexity index is 827. The zero-order valence-corrected chi connectivity index (χ0v) is 11.0. The van der Waals surface area contributed by atoms with Gasteiger partial charge < -0.3 is 11.1 Å². The standard InChI is InChI=1S/C16H12FN3O/c17-13-8-11(4-5-14(13)18)16(21)20-15-3-1-2-10-6-7-19-9-12(10)15/h1-9H,18H2,(H,20,21). The van der Waals surface area contributed by atoms with Gasteiger partial charge in [0.05, 0.1) is 11.4 Å². The average Bonchev–Trinajstić information content (AvgIpc) is 2.50. The Hall–Kier alpha value is -2.95. The maximum atomic E-state index is 13.4. The molecule has 0 saturated carbocycles. The minimum atomic E-state index is -0.609. The van der Waals surface area contributed by atoms with E-state index in [1.165, 1.54) is 12.1 Å². The van der Waals surface area contributed by atoms with Crippen LogP contribution < -0.4 is 11.1 Å². The Morgan fingerprint density at radius 3 is 2.86 bits per heavy atom. The van der Waals surface area contributed by atoms with Crippen LogP contribution in [0.4, 0.5) is 15.8 Å². The molecule has 1 heterocycles. The summed E-state index contributed by atoms with van der Waals surface area (Å²) < 4.78 is 13.4. The number of carbonyl (C=O) groups excluding carboxylic acids is 1. The third-order valence-corrected chi connectivity index (χ3v) is 3.19. The second-order valence-corrected chi connectivity index (χ2v) is 4.59. The van der Waals surface area contributed by atoms with Gasteiger partial charge in [-0.3, -0.25) is 9.78 Å². The zero-order chi connectivity index (χ0) is 14.8. The summed E-state index contributed by atoms with van der Waals surface area (Å²) in [5.74, 6) is -1.01. The van der Waals surface area contributed by atoms with E-state index in [9.17, 15) is 9.18 Å². The largest absolute Gasteiger partial charge is 0.396 e. The first-order valence-electron chi connectivity index (χ1n) is 6.34. The fourth-order valence-corrected chi connectivity index (χ4v) is 2.09. The van der Waals surface area contributed by atoms with Crippen LogP contribution in [-0.2, 0) is 0 Å². The molecule has 5 heteroatoms. The lowest BCUT2D eigenvalue weighted by molar-refractivity contribution is 0.102. The number of hydrogen-bond acceptors (Lipinski definition) is 3. The number of benzene rings is 2. The normalized spacial score (nSPS) is 10.5. The van der Waals surface area contributed by atoms with Crippen LogP contribution in [0.3, 0.4) is 0 Å². The van der Waals surface area contributed by atoms with Crippen LogP contribution in [0, 0.1) is 5.82 Å². The van der Waals surface area contributed by atoms with Crippen molar-refractivity contribution in [2.75, 3.05) is 11.1 Å². The first-order chi connectivity index (χ1) is 10.1. The molecule has 0 spiro atoms. The predicted octanol–water partition coefficient (Wildman–Crippen LogP) is 3.21. The van der Waals surface area contributed by atoms with E-state index in [0.717, 1.165) is 16.8 Å². The summed E-state index contributed by atoms with van der Waals surface area (Å²) >= 11 is 0. The molecule has 0 unspecified atom stereocenters. The van der Waals surface area contributed by atoms with Gasteiger partial charge in [-0.2, -0.15) is 0 Å². The summed E-state index contributed by atoms with van der Waals surface area (Å²) in [4.78, 5) is 16.2. The minimum absolute atomic E-state index is 0.0147. The van der Waals surface area contributed by atoms with Gasteiger partial charge in [0.25, 0.3) is 5.91 Å². The number of nitrogens with two attached hydrogens (primary N) is 1. The van der Waals surface area contributed by atoms with E-state index >= 15 is 0 Å². The number of fused-ring (bicyclic) bond motifs is 1. The fourth-order valence-electron chi connectivity index (χ4n) is 2.09. The average molecular weight is 281 g/mol. The Kier molecular flexibility index (Phi) is 3.23. The molecular weight excluding hydrogens is 269 g/mol. The summed E-state index contributed by atoms with van der Waals surface area (Å²) in [5.41, 5.74) is 6.25. The molecule has 3 aromatic rings. The van der Waals surface area contributed by atoms with Crippen LogP contribution in [0.25, 0.3) is 10.8 Å². The molecule has 3 rings (SSSR count). The molecule has 0 fully saturated rings. The zero-order valence-electron chi connectivity index (χ0n) is 11.0. The highest BCUT2D eigenvalue weighted by molar-refractivity contribution is 6.09. The molecule has 3 N–H and O–H groups in total. The molecule has 104 valence electrons. The quantitative estimate of drug-likeness (QED) is 0.709. The number of nitrogen functional groups attached to an aromatic ring is 1. The number of aromatic nitrogens is 1. The van der Waals surface area contributed by atoms with Crippen molar-refractivity contribution < 1.29 is 9.18 Å². The predicted molar refractivity (Wildman–Crippen MR) is 80.5 cm³/mol. The molecule has 2 aromatic carbocycles. The van der Waals surface area contributed by atoms with Gasteiger partial charge in [-0.25, -0.2) is 4.39 Å². The Morgan fingerprint density at radius 1 is 1.19 bits per heavy atom. The number of amides is 1. The van der Waals surface area contributed by atoms with Crippen molar-refractivity contribution in [3.63, 3.8) is 0 Å². The van der Waals surface area contributed by atoms with Crippen molar-refractivity contribution in [1.82, 2.24) is 4.98 Å². The maximum Gasteiger partial charge on any atom is 0.255 e. The minimum Gasteiger partial charge on any atom is -0.396 e. The first-order valence-corrected chi connectivity index (χ1v) is 6.34. The lowest BCUT2D eigenvalue weighted by Crippen LogP contribution is -2.12. The molecule has 0 aliphatic carbocycles. The van der Waals surface area contributed by atoms with E-state index in [0.29, 0.717) is 5.69 Å². The highest BCUT2D eigenvalue weighted by Crippen LogP contribution is 2.23. The Balaban J connectivity index is 1.94. The highest BCUT2D eigenvalue weighted by atomic mass is 19.1. The number of anilines is 2. The van der Waals surface area contributed by atoms with E-state index in [2.05, 4.69) is 10.3 Å². The fraction of sp³-hybridized carbons (Fsp3) is 0. The van der Waals surface area contributed by atoms with Gasteiger partial charge in [-0.05, 0) is 35.7 Å². The van der Waals surface area contributed by atoms with Crippen LogP contribution in [-0.4, -0.2) is 10.9 Å². The van der Waals surface area contributed by atoms with E-state index in [1.807, 2.05) is 18.2 Å². The molecular formula is C16H12FN3O. The van der Waals surface area contributed by atoms with E-state index in [-0.39, 0.29) is 11.3 Å². The summed E-state index contributed by atoms with van der Waals surface area (Å²) in [6.07, 6.45) is 3.36. The number of hydrogen-bond donors (Lipinski definition) is 2. The van der Waals surface area contributed by atoms with Gasteiger partial charge >= 0.3 is 0 Å². The molecule has 4 nitrogen and oxygen atoms in total. The third-order valence-electron chi connectivity index (χ3n) is 3.19. The molecule has 0 atom stereocenters. The smallest absolute Gasteiger partial charge is 0.255 e. The number of pyridine rings is 1. The molecule has 21 heavy (non-hydrogen) atoms. The first kappa shape index (κ1) is 13.1. The van der Waals surface area contributed by atoms with Gasteiger partial charge in [-0.15, -0.1) is 0 Å². The maximum absolute atomic E-state index is 13.4. The van der Waals surface area contributed by atoms with Gasteiger partial charge in [0.15, 0.2) is 0 Å². The molecule has 1 amide bonds. The van der Waals surface area contributed by atoms with Crippen molar-refractivity contribution in [2.24, 2.45) is 0 Å². The van der Waals surface area contributed by atoms with Crippen molar-refractivity contribution in [2.45, 2.75) is 0 Å². The number of halogens is 1. The van der Waals surface area contributed by atoms with Crippen LogP contribution in [0.15, 0.2) is 54.9 Å². The highest BCUT2D eigenvalue weighted by Gasteiger charge is 2.10. The molecule has 0 saturated heterocycles. The van der Waals surface area contributed by atoms with Crippen molar-refractivity contribution in [3.05, 3.63) is 66.2 Å². The van der Waals surface area contributed by atoms with Crippen molar-refractivity contribution in [1.29, 1.82) is 0 Å². The van der Waals surface area contributed by atoms with E-state index in [1.54, 1.807) is 18.5 Å². The van der Waals surface area contributed by atoms with Crippen LogP contribution in [0.5, 0.6) is 0 Å². The van der Waals surface area contributed by atoms with E-state index in [4.69, 9.17) is 5.73 Å². The SMILES string of the molecule is Nc1ccc(C(=O)Nc2cccc3ccncc23)cc1F. The summed E-state index contributed by atoms with van der Waals surface area (Å²) in [6, 6.07) is 11.4. The Morgan fingerprint density at radius 2 is 2.05 bits per heavy atom. The monoisotopic (exact) mass is 281 g/mol. The van der Waals surface area contributed by atoms with Crippen LogP contribution >= 0.6 is 0 Å². The summed E-state index contributed by atoms with van der Waals surface area (Å²) in [7, 11) is 0. The number of nitrogens with zero attached hydrogens (tertiary/aromatic N) is 1. The molecule has 0 aliphatic rings. The molecule has 0 aliphatic heterocycles. The topological polar surface area (TPSA) is 68.0 Å². The number of carbonyl (C=O) groups is 1. The van der Waals surface area contributed by atoms with Gasteiger partial charge in [0, 0.05) is 23.3 Å².